The zero-order valence-electron chi connectivity index (χ0n) is 14.1. The monoisotopic (exact) mass is 356 g/mol. The average Bonchev–Trinajstić information content (AvgIpc) is 3.26. The molecule has 1 heterocycles. The third-order valence-corrected chi connectivity index (χ3v) is 4.86. The first-order valence-corrected chi connectivity index (χ1v) is 9.14. The van der Waals surface area contributed by atoms with Crippen LogP contribution in [0.25, 0.3) is 0 Å². The number of esters is 1. The first-order chi connectivity index (χ1) is 12.1. The van der Waals surface area contributed by atoms with E-state index in [1.54, 1.807) is 4.90 Å². The van der Waals surface area contributed by atoms with Crippen LogP contribution in [0.5, 0.6) is 0 Å². The summed E-state index contributed by atoms with van der Waals surface area (Å²) < 4.78 is 5.32. The Bertz CT molecular complexity index is 770. The summed E-state index contributed by atoms with van der Waals surface area (Å²) in [7, 11) is 0. The molecule has 0 fully saturated rings. The highest BCUT2D eigenvalue weighted by atomic mass is 32.1. The van der Waals surface area contributed by atoms with Crippen LogP contribution in [0.1, 0.15) is 31.9 Å². The number of hydrogen-bond acceptors (Lipinski definition) is 5. The van der Waals surface area contributed by atoms with E-state index in [2.05, 4.69) is 17.1 Å². The van der Waals surface area contributed by atoms with Crippen molar-refractivity contribution in [2.75, 3.05) is 4.90 Å². The van der Waals surface area contributed by atoms with Gasteiger partial charge in [-0.1, -0.05) is 30.4 Å². The molecule has 0 aliphatic heterocycles. The lowest BCUT2D eigenvalue weighted by atomic mass is 10.1. The molecule has 6 heteroatoms. The normalized spacial score (nSPS) is 16.0. The number of rotatable bonds is 6. The quantitative estimate of drug-likeness (QED) is 0.574. The Labute approximate surface area is 150 Å². The molecular weight excluding hydrogens is 336 g/mol. The van der Waals surface area contributed by atoms with Gasteiger partial charge >= 0.3 is 5.97 Å². The second-order valence-corrected chi connectivity index (χ2v) is 6.78. The highest BCUT2D eigenvalue weighted by molar-refractivity contribution is 7.14. The standard InChI is InChI=1S/C19H20N2O3S/c1-14(22)21(17-9-3-2-4-10-17)19-20-16(13-25-19)12-24-18(23)11-15-7-5-6-8-15/h2-5,7,9-10,13,15H,6,8,11-12H2,1H3/t15-/m0/s1. The number of ether oxygens (including phenoxy) is 1. The summed E-state index contributed by atoms with van der Waals surface area (Å²) in [6.07, 6.45) is 6.64. The summed E-state index contributed by atoms with van der Waals surface area (Å²) in [6.45, 7) is 1.63. The number of carbonyl (C=O) groups is 2. The third kappa shape index (κ3) is 4.54. The van der Waals surface area contributed by atoms with Crippen molar-refractivity contribution in [3.8, 4) is 0 Å². The molecule has 5 nitrogen and oxygen atoms in total. The van der Waals surface area contributed by atoms with Gasteiger partial charge in [0.25, 0.3) is 0 Å². The molecule has 0 saturated carbocycles. The lowest BCUT2D eigenvalue weighted by Gasteiger charge is -2.17. The van der Waals surface area contributed by atoms with Crippen LogP contribution in [0.4, 0.5) is 10.8 Å². The number of amides is 1. The van der Waals surface area contributed by atoms with Crippen LogP contribution in [0.15, 0.2) is 47.9 Å². The van der Waals surface area contributed by atoms with Gasteiger partial charge in [0.1, 0.15) is 6.61 Å². The lowest BCUT2D eigenvalue weighted by molar-refractivity contribution is -0.145. The van der Waals surface area contributed by atoms with Gasteiger partial charge < -0.3 is 4.74 Å². The molecule has 0 N–H and O–H groups in total. The Morgan fingerprint density at radius 2 is 2.12 bits per heavy atom. The SMILES string of the molecule is CC(=O)N(c1ccccc1)c1nc(COC(=O)C[C@H]2C=CCC2)cs1. The Kier molecular flexibility index (Phi) is 5.60. The number of nitrogens with zero attached hydrogens (tertiary/aromatic N) is 2. The van der Waals surface area contributed by atoms with Crippen molar-refractivity contribution >= 4 is 34.0 Å². The second-order valence-electron chi connectivity index (χ2n) is 5.94. The van der Waals surface area contributed by atoms with Gasteiger partial charge in [-0.25, -0.2) is 4.98 Å². The highest BCUT2D eigenvalue weighted by Crippen LogP contribution is 2.29. The van der Waals surface area contributed by atoms with E-state index >= 15 is 0 Å². The largest absolute Gasteiger partial charge is 0.459 e. The van der Waals surface area contributed by atoms with Crippen LogP contribution in [0.2, 0.25) is 0 Å². The minimum atomic E-state index is -0.211. The first-order valence-electron chi connectivity index (χ1n) is 8.26. The van der Waals surface area contributed by atoms with Gasteiger partial charge in [-0.3, -0.25) is 14.5 Å². The number of anilines is 2. The van der Waals surface area contributed by atoms with E-state index < -0.39 is 0 Å². The van der Waals surface area contributed by atoms with Gasteiger partial charge in [0.15, 0.2) is 5.13 Å². The van der Waals surface area contributed by atoms with E-state index in [1.165, 1.54) is 18.3 Å². The second kappa shape index (κ2) is 8.07. The van der Waals surface area contributed by atoms with Crippen LogP contribution in [0.3, 0.4) is 0 Å². The van der Waals surface area contributed by atoms with Crippen molar-refractivity contribution in [2.24, 2.45) is 5.92 Å². The Balaban J connectivity index is 1.62. The number of benzene rings is 1. The summed E-state index contributed by atoms with van der Waals surface area (Å²) in [5.74, 6) is -0.0283. The zero-order chi connectivity index (χ0) is 17.6. The fourth-order valence-electron chi connectivity index (χ4n) is 2.76. The molecule has 1 aliphatic carbocycles. The van der Waals surface area contributed by atoms with E-state index in [4.69, 9.17) is 4.74 Å². The fourth-order valence-corrected chi connectivity index (χ4v) is 3.63. The van der Waals surface area contributed by atoms with Crippen molar-refractivity contribution in [1.82, 2.24) is 4.98 Å². The fraction of sp³-hybridized carbons (Fsp3) is 0.316. The van der Waals surface area contributed by atoms with Crippen LogP contribution in [-0.2, 0) is 20.9 Å². The molecular formula is C19H20N2O3S. The van der Waals surface area contributed by atoms with Crippen molar-refractivity contribution in [1.29, 1.82) is 0 Å². The van der Waals surface area contributed by atoms with Gasteiger partial charge in [-0.2, -0.15) is 0 Å². The number of thiazole rings is 1. The molecule has 1 amide bonds. The van der Waals surface area contributed by atoms with Crippen molar-refractivity contribution in [2.45, 2.75) is 32.8 Å². The Morgan fingerprint density at radius 3 is 2.80 bits per heavy atom. The van der Waals surface area contributed by atoms with Crippen LogP contribution < -0.4 is 4.90 Å². The average molecular weight is 356 g/mol. The minimum Gasteiger partial charge on any atom is -0.459 e. The molecule has 2 aromatic rings. The molecule has 1 aromatic carbocycles. The number of allylic oxidation sites excluding steroid dienone is 2. The lowest BCUT2D eigenvalue weighted by Crippen LogP contribution is -2.22. The smallest absolute Gasteiger partial charge is 0.306 e. The van der Waals surface area contributed by atoms with E-state index in [1.807, 2.05) is 35.7 Å². The van der Waals surface area contributed by atoms with Gasteiger partial charge in [-0.15, -0.1) is 11.3 Å². The minimum absolute atomic E-state index is 0.114. The Morgan fingerprint density at radius 1 is 1.32 bits per heavy atom. The third-order valence-electron chi connectivity index (χ3n) is 3.98. The van der Waals surface area contributed by atoms with Crippen LogP contribution in [0, 0.1) is 5.92 Å². The van der Waals surface area contributed by atoms with E-state index in [0.29, 0.717) is 23.2 Å². The van der Waals surface area contributed by atoms with Gasteiger partial charge in [0.05, 0.1) is 17.8 Å². The molecule has 1 aliphatic rings. The molecule has 3 rings (SSSR count). The maximum absolute atomic E-state index is 12.0. The van der Waals surface area contributed by atoms with Crippen molar-refractivity contribution in [3.05, 3.63) is 53.6 Å². The van der Waals surface area contributed by atoms with E-state index in [0.717, 1.165) is 18.5 Å². The van der Waals surface area contributed by atoms with Gasteiger partial charge in [-0.05, 0) is 30.9 Å². The van der Waals surface area contributed by atoms with E-state index in [-0.39, 0.29) is 18.5 Å². The molecule has 130 valence electrons. The summed E-state index contributed by atoms with van der Waals surface area (Å²) in [5.41, 5.74) is 1.42. The maximum Gasteiger partial charge on any atom is 0.306 e. The predicted molar refractivity (Wildman–Crippen MR) is 97.7 cm³/mol. The van der Waals surface area contributed by atoms with Gasteiger partial charge in [0, 0.05) is 12.3 Å². The Hall–Kier alpha value is -2.47. The van der Waals surface area contributed by atoms with Crippen LogP contribution >= 0.6 is 11.3 Å². The summed E-state index contributed by atoms with van der Waals surface area (Å²) >= 11 is 1.36. The number of hydrogen-bond donors (Lipinski definition) is 0. The highest BCUT2D eigenvalue weighted by Gasteiger charge is 2.19. The molecule has 0 saturated heterocycles. The van der Waals surface area contributed by atoms with Crippen LogP contribution in [-0.4, -0.2) is 16.9 Å². The topological polar surface area (TPSA) is 59.5 Å². The first kappa shape index (κ1) is 17.4. The number of aromatic nitrogens is 1. The predicted octanol–water partition coefficient (Wildman–Crippen LogP) is 4.23. The molecule has 1 aromatic heterocycles. The number of para-hydroxylation sites is 1. The summed E-state index contributed by atoms with van der Waals surface area (Å²) in [6, 6.07) is 9.36. The molecule has 25 heavy (non-hydrogen) atoms. The molecule has 0 bridgehead atoms. The molecule has 1 atom stereocenters. The molecule has 0 spiro atoms. The molecule has 0 radical (unpaired) electrons. The summed E-state index contributed by atoms with van der Waals surface area (Å²) in [4.78, 5) is 29.9. The summed E-state index contributed by atoms with van der Waals surface area (Å²) in [5, 5.41) is 2.39. The molecule has 0 unspecified atom stereocenters. The van der Waals surface area contributed by atoms with Crippen molar-refractivity contribution < 1.29 is 14.3 Å². The maximum atomic E-state index is 12.0. The number of carbonyl (C=O) groups excluding carboxylic acids is 2. The zero-order valence-corrected chi connectivity index (χ0v) is 14.9. The van der Waals surface area contributed by atoms with Gasteiger partial charge in [0.2, 0.25) is 5.91 Å². The van der Waals surface area contributed by atoms with E-state index in [9.17, 15) is 9.59 Å². The van der Waals surface area contributed by atoms with Crippen molar-refractivity contribution in [3.63, 3.8) is 0 Å².